The highest BCUT2D eigenvalue weighted by atomic mass is 15.3. The first-order valence-electron chi connectivity index (χ1n) is 6.53. The summed E-state index contributed by atoms with van der Waals surface area (Å²) in [5, 5.41) is 3.37. The average Bonchev–Trinajstić information content (AvgIpc) is 2.39. The lowest BCUT2D eigenvalue weighted by Gasteiger charge is -2.37. The average molecular weight is 265 g/mol. The molecule has 1 atom stereocenters. The molecule has 7 nitrogen and oxygen atoms in total. The molecule has 0 spiro atoms. The molecule has 0 amide bonds. The van der Waals surface area contributed by atoms with Gasteiger partial charge in [0.25, 0.3) is 0 Å². The first-order chi connectivity index (χ1) is 9.08. The molecule has 4 N–H and O–H groups in total. The molecule has 0 bridgehead atoms. The van der Waals surface area contributed by atoms with Crippen LogP contribution in [0, 0.1) is 6.92 Å². The summed E-state index contributed by atoms with van der Waals surface area (Å²) >= 11 is 0. The number of hydrogen-bond donors (Lipinski definition) is 3. The summed E-state index contributed by atoms with van der Waals surface area (Å²) in [6.07, 6.45) is 0. The second-order valence-electron chi connectivity index (χ2n) is 5.14. The summed E-state index contributed by atoms with van der Waals surface area (Å²) in [5.41, 5.74) is 3.37. The fourth-order valence-corrected chi connectivity index (χ4v) is 2.27. The van der Waals surface area contributed by atoms with Crippen molar-refractivity contribution < 1.29 is 0 Å². The fraction of sp³-hybridized carbons (Fsp3) is 0.667. The summed E-state index contributed by atoms with van der Waals surface area (Å²) in [6, 6.07) is 2.41. The van der Waals surface area contributed by atoms with Crippen LogP contribution in [-0.2, 0) is 0 Å². The van der Waals surface area contributed by atoms with Crippen LogP contribution in [0.5, 0.6) is 0 Å². The van der Waals surface area contributed by atoms with Gasteiger partial charge in [-0.05, 0) is 21.0 Å². The van der Waals surface area contributed by atoms with Crippen molar-refractivity contribution in [2.75, 3.05) is 51.0 Å². The van der Waals surface area contributed by atoms with E-state index in [1.54, 1.807) is 0 Å². The van der Waals surface area contributed by atoms with E-state index in [0.717, 1.165) is 37.7 Å². The minimum atomic E-state index is 0.441. The second-order valence-corrected chi connectivity index (χ2v) is 5.14. The molecule has 1 aliphatic heterocycles. The van der Waals surface area contributed by atoms with E-state index in [2.05, 4.69) is 44.6 Å². The predicted molar refractivity (Wildman–Crippen MR) is 77.0 cm³/mol. The highest BCUT2D eigenvalue weighted by Gasteiger charge is 2.21. The van der Waals surface area contributed by atoms with Gasteiger partial charge >= 0.3 is 0 Å². The van der Waals surface area contributed by atoms with Crippen molar-refractivity contribution >= 4 is 11.8 Å². The molecule has 7 heteroatoms. The van der Waals surface area contributed by atoms with Crippen molar-refractivity contribution in [1.29, 1.82) is 0 Å². The van der Waals surface area contributed by atoms with Gasteiger partial charge in [0.2, 0.25) is 5.95 Å². The number of aryl methyl sites for hydroxylation is 1. The summed E-state index contributed by atoms with van der Waals surface area (Å²) in [5.74, 6) is 6.60. The fourth-order valence-electron chi connectivity index (χ4n) is 2.27. The molecule has 106 valence electrons. The van der Waals surface area contributed by atoms with Crippen molar-refractivity contribution in [2.45, 2.75) is 13.0 Å². The Hall–Kier alpha value is -1.44. The molecule has 1 saturated heterocycles. The Labute approximate surface area is 114 Å². The number of nitrogen functional groups attached to an aromatic ring is 1. The third-order valence-electron chi connectivity index (χ3n) is 3.48. The van der Waals surface area contributed by atoms with E-state index in [1.807, 2.05) is 13.0 Å². The van der Waals surface area contributed by atoms with Crippen LogP contribution in [0.4, 0.5) is 11.8 Å². The van der Waals surface area contributed by atoms with Gasteiger partial charge in [-0.15, -0.1) is 0 Å². The van der Waals surface area contributed by atoms with Crippen molar-refractivity contribution in [2.24, 2.45) is 5.84 Å². The van der Waals surface area contributed by atoms with Gasteiger partial charge in [0.1, 0.15) is 5.82 Å². The largest absolute Gasteiger partial charge is 0.368 e. The normalized spacial score (nSPS) is 21.4. The predicted octanol–water partition coefficient (Wildman–Crippen LogP) is -0.272. The van der Waals surface area contributed by atoms with Crippen LogP contribution < -0.4 is 16.6 Å². The quantitative estimate of drug-likeness (QED) is 0.510. The Bertz CT molecular complexity index is 423. The number of nitrogens with one attached hydrogen (secondary N) is 2. The molecule has 1 aromatic rings. The second kappa shape index (κ2) is 6.14. The standard InChI is InChI=1S/C12H23N7/c1-9-6-11(16-12(15-9)17-13)14-7-10-8-18(2)4-5-19(10)3/h6,10H,4-5,7-8,13H2,1-3H3,(H2,14,15,16,17). The number of hydrazine groups is 1. The van der Waals surface area contributed by atoms with Crippen LogP contribution in [0.3, 0.4) is 0 Å². The summed E-state index contributed by atoms with van der Waals surface area (Å²) in [4.78, 5) is 13.2. The van der Waals surface area contributed by atoms with Gasteiger partial charge in [0, 0.05) is 44.0 Å². The number of anilines is 2. The SMILES string of the molecule is Cc1cc(NCC2CN(C)CCN2C)nc(NN)n1. The molecule has 1 unspecified atom stereocenters. The minimum absolute atomic E-state index is 0.441. The minimum Gasteiger partial charge on any atom is -0.368 e. The van der Waals surface area contributed by atoms with Gasteiger partial charge < -0.3 is 10.2 Å². The smallest absolute Gasteiger partial charge is 0.239 e. The molecule has 19 heavy (non-hydrogen) atoms. The Morgan fingerprint density at radius 3 is 2.89 bits per heavy atom. The van der Waals surface area contributed by atoms with E-state index in [9.17, 15) is 0 Å². The summed E-state index contributed by atoms with van der Waals surface area (Å²) in [7, 11) is 4.32. The van der Waals surface area contributed by atoms with E-state index in [0.29, 0.717) is 12.0 Å². The van der Waals surface area contributed by atoms with Crippen molar-refractivity contribution in [3.05, 3.63) is 11.8 Å². The van der Waals surface area contributed by atoms with Crippen LogP contribution in [0.25, 0.3) is 0 Å². The van der Waals surface area contributed by atoms with Gasteiger partial charge in [-0.3, -0.25) is 10.3 Å². The molecule has 0 radical (unpaired) electrons. The van der Waals surface area contributed by atoms with Crippen LogP contribution in [-0.4, -0.2) is 66.1 Å². The van der Waals surface area contributed by atoms with Gasteiger partial charge in [0.15, 0.2) is 0 Å². The van der Waals surface area contributed by atoms with Crippen LogP contribution >= 0.6 is 0 Å². The molecule has 0 aromatic carbocycles. The zero-order chi connectivity index (χ0) is 13.8. The van der Waals surface area contributed by atoms with E-state index >= 15 is 0 Å². The van der Waals surface area contributed by atoms with Crippen molar-refractivity contribution in [3.8, 4) is 0 Å². The molecule has 1 aromatic heterocycles. The Kier molecular flexibility index (Phi) is 4.52. The van der Waals surface area contributed by atoms with Gasteiger partial charge in [-0.1, -0.05) is 0 Å². The number of aromatic nitrogens is 2. The first kappa shape index (κ1) is 14.0. The lowest BCUT2D eigenvalue weighted by atomic mass is 10.2. The highest BCUT2D eigenvalue weighted by Crippen LogP contribution is 2.11. The molecule has 2 heterocycles. The summed E-state index contributed by atoms with van der Waals surface area (Å²) < 4.78 is 0. The van der Waals surface area contributed by atoms with Crippen molar-refractivity contribution in [3.63, 3.8) is 0 Å². The summed E-state index contributed by atoms with van der Waals surface area (Å²) in [6.45, 7) is 6.08. The Morgan fingerprint density at radius 2 is 2.16 bits per heavy atom. The number of likely N-dealkylation sites (N-methyl/N-ethyl adjacent to an activating group) is 2. The van der Waals surface area contributed by atoms with E-state index < -0.39 is 0 Å². The van der Waals surface area contributed by atoms with Gasteiger partial charge in [-0.25, -0.2) is 10.8 Å². The topological polar surface area (TPSA) is 82.3 Å². The molecule has 1 fully saturated rings. The molecule has 1 aliphatic rings. The zero-order valence-corrected chi connectivity index (χ0v) is 11.8. The van der Waals surface area contributed by atoms with Crippen LogP contribution in [0.15, 0.2) is 6.07 Å². The Balaban J connectivity index is 1.96. The van der Waals surface area contributed by atoms with Crippen LogP contribution in [0.2, 0.25) is 0 Å². The van der Waals surface area contributed by atoms with Crippen LogP contribution in [0.1, 0.15) is 5.69 Å². The number of hydrogen-bond acceptors (Lipinski definition) is 7. The van der Waals surface area contributed by atoms with E-state index in [-0.39, 0.29) is 0 Å². The number of rotatable bonds is 4. The first-order valence-corrected chi connectivity index (χ1v) is 6.53. The number of nitrogens with zero attached hydrogens (tertiary/aromatic N) is 4. The highest BCUT2D eigenvalue weighted by molar-refractivity contribution is 5.41. The van der Waals surface area contributed by atoms with Crippen molar-refractivity contribution in [1.82, 2.24) is 19.8 Å². The zero-order valence-electron chi connectivity index (χ0n) is 11.8. The van der Waals surface area contributed by atoms with E-state index in [1.165, 1.54) is 0 Å². The Morgan fingerprint density at radius 1 is 1.37 bits per heavy atom. The molecular weight excluding hydrogens is 242 g/mol. The maximum absolute atomic E-state index is 5.35. The third kappa shape index (κ3) is 3.76. The number of nitrogens with two attached hydrogens (primary N) is 1. The maximum Gasteiger partial charge on any atom is 0.239 e. The lowest BCUT2D eigenvalue weighted by Crippen LogP contribution is -2.52. The molecule has 2 rings (SSSR count). The van der Waals surface area contributed by atoms with Gasteiger partial charge in [0.05, 0.1) is 0 Å². The molecule has 0 saturated carbocycles. The van der Waals surface area contributed by atoms with E-state index in [4.69, 9.17) is 5.84 Å². The maximum atomic E-state index is 5.35. The molecule has 0 aliphatic carbocycles. The monoisotopic (exact) mass is 265 g/mol. The third-order valence-corrected chi connectivity index (χ3v) is 3.48. The number of piperazine rings is 1. The molecular formula is C12H23N7. The lowest BCUT2D eigenvalue weighted by molar-refractivity contribution is 0.122. The van der Waals surface area contributed by atoms with Gasteiger partial charge in [-0.2, -0.15) is 4.98 Å².